The topological polar surface area (TPSA) is 91.5 Å². The van der Waals surface area contributed by atoms with E-state index in [4.69, 9.17) is 15.2 Å². The van der Waals surface area contributed by atoms with Crippen LogP contribution in [0.5, 0.6) is 0 Å². The molecular weight excluding hydrogens is 368 g/mol. The first-order valence-electron chi connectivity index (χ1n) is 7.28. The molecule has 0 fully saturated rings. The van der Waals surface area contributed by atoms with Gasteiger partial charge in [-0.3, -0.25) is 0 Å². The third-order valence-corrected chi connectivity index (χ3v) is 6.12. The second-order valence-electron chi connectivity index (χ2n) is 4.63. The van der Waals surface area contributed by atoms with E-state index >= 15 is 0 Å². The van der Waals surface area contributed by atoms with E-state index in [1.165, 1.54) is 23.1 Å². The van der Waals surface area contributed by atoms with E-state index in [9.17, 15) is 9.59 Å². The Morgan fingerprint density at radius 3 is 2.50 bits per heavy atom. The molecule has 0 radical (unpaired) electrons. The molecule has 24 heavy (non-hydrogen) atoms. The van der Waals surface area contributed by atoms with Crippen molar-refractivity contribution in [2.45, 2.75) is 30.9 Å². The molecule has 0 amide bonds. The van der Waals surface area contributed by atoms with Crippen LogP contribution in [0.25, 0.3) is 0 Å². The molecule has 6 nitrogen and oxygen atoms in total. The van der Waals surface area contributed by atoms with Crippen LogP contribution in [0.1, 0.15) is 45.1 Å². The molecule has 0 aromatic carbocycles. The highest BCUT2D eigenvalue weighted by Crippen LogP contribution is 2.37. The van der Waals surface area contributed by atoms with Crippen LogP contribution >= 0.6 is 34.4 Å². The van der Waals surface area contributed by atoms with Gasteiger partial charge in [-0.15, -0.1) is 22.7 Å². The van der Waals surface area contributed by atoms with Crippen LogP contribution in [-0.2, 0) is 15.2 Å². The largest absolute Gasteiger partial charge is 0.462 e. The van der Waals surface area contributed by atoms with Gasteiger partial charge in [0.25, 0.3) is 0 Å². The number of carbonyl (C=O) groups is 2. The predicted octanol–water partition coefficient (Wildman–Crippen LogP) is 3.74. The lowest BCUT2D eigenvalue weighted by atomic mass is 10.1. The predicted molar refractivity (Wildman–Crippen MR) is 97.1 cm³/mol. The van der Waals surface area contributed by atoms with E-state index in [-0.39, 0.29) is 23.8 Å². The molecule has 130 valence electrons. The number of rotatable bonds is 7. The van der Waals surface area contributed by atoms with Crippen molar-refractivity contribution in [2.24, 2.45) is 0 Å². The Bertz CT molecular complexity index is 739. The van der Waals surface area contributed by atoms with Gasteiger partial charge in [0.05, 0.1) is 18.8 Å². The monoisotopic (exact) mass is 386 g/mol. The third-order valence-electron chi connectivity index (χ3n) is 2.91. The minimum absolute atomic E-state index is 0.237. The van der Waals surface area contributed by atoms with Crippen LogP contribution in [0.15, 0.2) is 9.72 Å². The average molecular weight is 387 g/mol. The maximum absolute atomic E-state index is 12.2. The Balaban J connectivity index is 2.35. The van der Waals surface area contributed by atoms with Crippen molar-refractivity contribution in [3.05, 3.63) is 27.1 Å². The van der Waals surface area contributed by atoms with Crippen molar-refractivity contribution in [3.8, 4) is 0 Å². The molecule has 0 aliphatic carbocycles. The molecule has 0 saturated heterocycles. The zero-order valence-corrected chi connectivity index (χ0v) is 16.0. The maximum Gasteiger partial charge on any atom is 0.348 e. The van der Waals surface area contributed by atoms with Crippen molar-refractivity contribution >= 4 is 51.4 Å². The van der Waals surface area contributed by atoms with Gasteiger partial charge in [-0.2, -0.15) is 0 Å². The number of thiophene rings is 1. The summed E-state index contributed by atoms with van der Waals surface area (Å²) < 4.78 is 11.0. The molecule has 2 heterocycles. The number of ether oxygens (including phenoxy) is 2. The minimum Gasteiger partial charge on any atom is -0.462 e. The van der Waals surface area contributed by atoms with Gasteiger partial charge in [-0.25, -0.2) is 14.6 Å². The number of thioether (sulfide) groups is 1. The molecule has 0 aliphatic rings. The number of nitrogen functional groups attached to an aromatic ring is 1. The van der Waals surface area contributed by atoms with Crippen molar-refractivity contribution in [1.29, 1.82) is 0 Å². The van der Waals surface area contributed by atoms with Gasteiger partial charge in [0.1, 0.15) is 14.2 Å². The number of hydrogen-bond acceptors (Lipinski definition) is 9. The lowest BCUT2D eigenvalue weighted by molar-refractivity contribution is 0.0527. The Kier molecular flexibility index (Phi) is 6.64. The van der Waals surface area contributed by atoms with Gasteiger partial charge >= 0.3 is 11.9 Å². The molecule has 9 heteroatoms. The number of nitrogens with two attached hydrogens (primary N) is 1. The van der Waals surface area contributed by atoms with Gasteiger partial charge in [0.15, 0.2) is 0 Å². The Hall–Kier alpha value is -1.58. The van der Waals surface area contributed by atoms with E-state index in [1.807, 2.05) is 12.3 Å². The van der Waals surface area contributed by atoms with E-state index in [2.05, 4.69) is 4.98 Å². The molecule has 2 N–H and O–H groups in total. The second kappa shape index (κ2) is 8.50. The van der Waals surface area contributed by atoms with Crippen molar-refractivity contribution < 1.29 is 19.1 Å². The summed E-state index contributed by atoms with van der Waals surface area (Å²) >= 11 is 4.02. The van der Waals surface area contributed by atoms with Crippen LogP contribution in [-0.4, -0.2) is 30.1 Å². The van der Waals surface area contributed by atoms with E-state index in [0.29, 0.717) is 16.2 Å². The van der Waals surface area contributed by atoms with Crippen LogP contribution < -0.4 is 5.73 Å². The van der Waals surface area contributed by atoms with Gasteiger partial charge in [-0.1, -0.05) is 11.8 Å². The summed E-state index contributed by atoms with van der Waals surface area (Å²) in [5.41, 5.74) is 7.71. The number of anilines is 1. The Morgan fingerprint density at radius 2 is 1.92 bits per heavy atom. The molecule has 0 atom stereocenters. The summed E-state index contributed by atoms with van der Waals surface area (Å²) in [4.78, 5) is 29.1. The first kappa shape index (κ1) is 18.8. The lowest BCUT2D eigenvalue weighted by Gasteiger charge is -2.06. The standard InChI is InChI=1S/C15H18N2O4S3/c1-4-20-13(18)10-9(7-23-15-17-8(3)6-22-15)11(24-12(10)16)14(19)21-5-2/h6H,4-5,7,16H2,1-3H3. The molecule has 2 rings (SSSR count). The van der Waals surface area contributed by atoms with Crippen LogP contribution in [0.2, 0.25) is 0 Å². The number of hydrogen-bond donors (Lipinski definition) is 1. The van der Waals surface area contributed by atoms with Gasteiger partial charge < -0.3 is 15.2 Å². The van der Waals surface area contributed by atoms with Crippen LogP contribution in [0, 0.1) is 6.92 Å². The smallest absolute Gasteiger partial charge is 0.348 e. The second-order valence-corrected chi connectivity index (χ2v) is 7.77. The van der Waals surface area contributed by atoms with Crippen LogP contribution in [0.4, 0.5) is 5.00 Å². The quantitative estimate of drug-likeness (QED) is 0.572. The number of aryl methyl sites for hydroxylation is 1. The number of thiazole rings is 1. The first-order chi connectivity index (χ1) is 11.5. The summed E-state index contributed by atoms with van der Waals surface area (Å²) in [5.74, 6) is -0.605. The highest BCUT2D eigenvalue weighted by Gasteiger charge is 2.27. The fourth-order valence-corrected chi connectivity index (χ4v) is 4.88. The molecule has 0 saturated carbocycles. The summed E-state index contributed by atoms with van der Waals surface area (Å²) in [7, 11) is 0. The summed E-state index contributed by atoms with van der Waals surface area (Å²) in [6.45, 7) is 5.86. The summed E-state index contributed by atoms with van der Waals surface area (Å²) in [6, 6.07) is 0. The summed E-state index contributed by atoms with van der Waals surface area (Å²) in [5, 5.41) is 2.21. The number of esters is 2. The lowest BCUT2D eigenvalue weighted by Crippen LogP contribution is -2.10. The Labute approximate surface area is 152 Å². The number of aromatic nitrogens is 1. The highest BCUT2D eigenvalue weighted by atomic mass is 32.2. The van der Waals surface area contributed by atoms with E-state index in [0.717, 1.165) is 21.4 Å². The molecule has 2 aromatic heterocycles. The molecule has 0 bridgehead atoms. The normalized spacial score (nSPS) is 10.6. The fraction of sp³-hybridized carbons (Fsp3) is 0.400. The summed E-state index contributed by atoms with van der Waals surface area (Å²) in [6.07, 6.45) is 0. The van der Waals surface area contributed by atoms with Gasteiger partial charge in [-0.05, 0) is 20.8 Å². The van der Waals surface area contributed by atoms with Crippen molar-refractivity contribution in [3.63, 3.8) is 0 Å². The first-order valence-corrected chi connectivity index (χ1v) is 9.96. The SMILES string of the molecule is CCOC(=O)c1sc(N)c(C(=O)OCC)c1CSc1nc(C)cs1. The van der Waals surface area contributed by atoms with E-state index in [1.54, 1.807) is 13.8 Å². The molecule has 2 aromatic rings. The van der Waals surface area contributed by atoms with Gasteiger partial charge in [0.2, 0.25) is 0 Å². The van der Waals surface area contributed by atoms with Crippen molar-refractivity contribution in [1.82, 2.24) is 4.98 Å². The third kappa shape index (κ3) is 4.28. The zero-order valence-electron chi connectivity index (χ0n) is 13.6. The molecule has 0 unspecified atom stereocenters. The van der Waals surface area contributed by atoms with Crippen molar-refractivity contribution in [2.75, 3.05) is 18.9 Å². The average Bonchev–Trinajstić information content (AvgIpc) is 3.09. The minimum atomic E-state index is -0.521. The Morgan fingerprint density at radius 1 is 1.25 bits per heavy atom. The highest BCUT2D eigenvalue weighted by molar-refractivity contribution is 8.00. The fourth-order valence-electron chi connectivity index (χ4n) is 1.94. The molecule has 0 aliphatic heterocycles. The number of nitrogens with zero attached hydrogens (tertiary/aromatic N) is 1. The number of carbonyl (C=O) groups excluding carboxylic acids is 2. The molecular formula is C15H18N2O4S3. The van der Waals surface area contributed by atoms with Crippen LogP contribution in [0.3, 0.4) is 0 Å². The van der Waals surface area contributed by atoms with Gasteiger partial charge in [0, 0.05) is 22.4 Å². The van der Waals surface area contributed by atoms with E-state index < -0.39 is 11.9 Å². The zero-order chi connectivity index (χ0) is 17.7. The molecule has 0 spiro atoms. The maximum atomic E-state index is 12.2.